The molecule has 0 bridgehead atoms. The smallest absolute Gasteiger partial charge is 0.0597 e. The Kier molecular flexibility index (Phi) is 3.54. The zero-order chi connectivity index (χ0) is 12.6. The van der Waals surface area contributed by atoms with Gasteiger partial charge in [-0.25, -0.2) is 0 Å². The van der Waals surface area contributed by atoms with Crippen molar-refractivity contribution in [3.8, 4) is 0 Å². The minimum Gasteiger partial charge on any atom is -0.375 e. The van der Waals surface area contributed by atoms with Gasteiger partial charge in [0.2, 0.25) is 0 Å². The molecular weight excluding hydrogens is 214 g/mol. The van der Waals surface area contributed by atoms with Crippen LogP contribution in [0, 0.1) is 11.8 Å². The van der Waals surface area contributed by atoms with Gasteiger partial charge >= 0.3 is 0 Å². The average molecular weight is 237 g/mol. The maximum atomic E-state index is 6.35. The molecule has 1 aliphatic heterocycles. The van der Waals surface area contributed by atoms with Crippen molar-refractivity contribution in [1.29, 1.82) is 0 Å². The predicted octanol–water partition coefficient (Wildman–Crippen LogP) is 1.35. The lowest BCUT2D eigenvalue weighted by molar-refractivity contribution is 0.0490. The van der Waals surface area contributed by atoms with E-state index in [1.165, 1.54) is 5.56 Å². The van der Waals surface area contributed by atoms with Crippen molar-refractivity contribution in [3.05, 3.63) is 18.0 Å². The van der Waals surface area contributed by atoms with Crippen LogP contribution in [0.15, 0.2) is 12.4 Å². The first kappa shape index (κ1) is 12.6. The number of ether oxygens (including phenoxy) is 1. The topological polar surface area (TPSA) is 53.1 Å². The number of aromatic nitrogens is 2. The van der Waals surface area contributed by atoms with Gasteiger partial charge < -0.3 is 10.5 Å². The second-order valence-corrected chi connectivity index (χ2v) is 5.37. The van der Waals surface area contributed by atoms with Crippen molar-refractivity contribution >= 4 is 0 Å². The van der Waals surface area contributed by atoms with E-state index in [0.29, 0.717) is 17.9 Å². The van der Waals surface area contributed by atoms with Crippen molar-refractivity contribution < 1.29 is 4.74 Å². The van der Waals surface area contributed by atoms with E-state index in [2.05, 4.69) is 25.9 Å². The first-order valence-corrected chi connectivity index (χ1v) is 6.37. The van der Waals surface area contributed by atoms with Gasteiger partial charge in [0.05, 0.1) is 18.4 Å². The third-order valence-electron chi connectivity index (χ3n) is 4.04. The summed E-state index contributed by atoms with van der Waals surface area (Å²) in [5, 5.41) is 4.18. The molecule has 96 valence electrons. The third-order valence-corrected chi connectivity index (χ3v) is 4.04. The molecule has 2 rings (SSSR count). The molecule has 4 heteroatoms. The molecule has 0 radical (unpaired) electrons. The summed E-state index contributed by atoms with van der Waals surface area (Å²) in [6, 6.07) is 0.147. The third kappa shape index (κ3) is 2.53. The lowest BCUT2D eigenvalue weighted by Crippen LogP contribution is -2.39. The van der Waals surface area contributed by atoms with Gasteiger partial charge in [0, 0.05) is 25.2 Å². The van der Waals surface area contributed by atoms with E-state index in [1.807, 2.05) is 24.1 Å². The zero-order valence-corrected chi connectivity index (χ0v) is 11.1. The summed E-state index contributed by atoms with van der Waals surface area (Å²) in [4.78, 5) is 0. The van der Waals surface area contributed by atoms with Crippen LogP contribution in [0.3, 0.4) is 0 Å². The molecule has 0 aliphatic carbocycles. The van der Waals surface area contributed by atoms with Gasteiger partial charge in [0.25, 0.3) is 0 Å². The second kappa shape index (κ2) is 4.78. The number of hydrogen-bond donors (Lipinski definition) is 1. The molecule has 0 amide bonds. The summed E-state index contributed by atoms with van der Waals surface area (Å²) in [6.07, 6.45) is 5.38. The fourth-order valence-electron chi connectivity index (χ4n) is 3.02. The number of nitrogens with two attached hydrogens (primary N) is 1. The van der Waals surface area contributed by atoms with Gasteiger partial charge in [-0.1, -0.05) is 6.92 Å². The van der Waals surface area contributed by atoms with Gasteiger partial charge in [-0.2, -0.15) is 5.10 Å². The fraction of sp³-hybridized carbons (Fsp3) is 0.769. The van der Waals surface area contributed by atoms with Crippen LogP contribution < -0.4 is 5.73 Å². The Bertz CT molecular complexity index is 376. The predicted molar refractivity (Wildman–Crippen MR) is 67.6 cm³/mol. The summed E-state index contributed by atoms with van der Waals surface area (Å²) >= 11 is 0. The Morgan fingerprint density at radius 1 is 1.41 bits per heavy atom. The summed E-state index contributed by atoms with van der Waals surface area (Å²) in [7, 11) is 1.93. The highest BCUT2D eigenvalue weighted by atomic mass is 16.5. The maximum absolute atomic E-state index is 6.35. The van der Waals surface area contributed by atoms with E-state index in [1.54, 1.807) is 0 Å². The number of rotatable bonds is 3. The Labute approximate surface area is 103 Å². The molecule has 2 heterocycles. The molecule has 5 atom stereocenters. The SMILES string of the molecule is CC1OC(C)C(C(N)Cc2cnn(C)c2)C1C. The summed E-state index contributed by atoms with van der Waals surface area (Å²) in [5.74, 6) is 0.960. The largest absolute Gasteiger partial charge is 0.375 e. The van der Waals surface area contributed by atoms with Crippen LogP contribution in [0.2, 0.25) is 0 Å². The van der Waals surface area contributed by atoms with E-state index in [9.17, 15) is 0 Å². The first-order chi connectivity index (χ1) is 7.99. The molecular formula is C13H23N3O. The minimum atomic E-state index is 0.147. The summed E-state index contributed by atoms with van der Waals surface area (Å²) < 4.78 is 7.67. The molecule has 4 nitrogen and oxygen atoms in total. The van der Waals surface area contributed by atoms with E-state index in [-0.39, 0.29) is 12.1 Å². The zero-order valence-electron chi connectivity index (χ0n) is 11.1. The first-order valence-electron chi connectivity index (χ1n) is 6.37. The number of hydrogen-bond acceptors (Lipinski definition) is 3. The normalized spacial score (nSPS) is 35.1. The van der Waals surface area contributed by atoms with Crippen molar-refractivity contribution in [2.24, 2.45) is 24.6 Å². The molecule has 1 saturated heterocycles. The van der Waals surface area contributed by atoms with Gasteiger partial charge in [-0.3, -0.25) is 4.68 Å². The Hall–Kier alpha value is -0.870. The van der Waals surface area contributed by atoms with Crippen LogP contribution in [0.25, 0.3) is 0 Å². The molecule has 0 aromatic carbocycles. The van der Waals surface area contributed by atoms with Crippen LogP contribution in [0.5, 0.6) is 0 Å². The monoisotopic (exact) mass is 237 g/mol. The summed E-state index contributed by atoms with van der Waals surface area (Å²) in [6.45, 7) is 6.51. The molecule has 1 aromatic rings. The van der Waals surface area contributed by atoms with Crippen molar-refractivity contribution in [1.82, 2.24) is 9.78 Å². The lowest BCUT2D eigenvalue weighted by Gasteiger charge is -2.25. The highest BCUT2D eigenvalue weighted by Crippen LogP contribution is 2.34. The van der Waals surface area contributed by atoms with Crippen LogP contribution >= 0.6 is 0 Å². The van der Waals surface area contributed by atoms with Crippen molar-refractivity contribution in [3.63, 3.8) is 0 Å². The minimum absolute atomic E-state index is 0.147. The molecule has 2 N–H and O–H groups in total. The van der Waals surface area contributed by atoms with E-state index in [4.69, 9.17) is 10.5 Å². The number of nitrogens with zero attached hydrogens (tertiary/aromatic N) is 2. The van der Waals surface area contributed by atoms with Crippen LogP contribution in [-0.2, 0) is 18.2 Å². The number of aryl methyl sites for hydroxylation is 1. The maximum Gasteiger partial charge on any atom is 0.0597 e. The van der Waals surface area contributed by atoms with Crippen molar-refractivity contribution in [2.45, 2.75) is 45.4 Å². The Morgan fingerprint density at radius 3 is 2.59 bits per heavy atom. The van der Waals surface area contributed by atoms with Crippen molar-refractivity contribution in [2.75, 3.05) is 0 Å². The van der Waals surface area contributed by atoms with E-state index in [0.717, 1.165) is 6.42 Å². The standard InChI is InChI=1S/C13H23N3O/c1-8-9(2)17-10(3)13(8)12(14)5-11-6-15-16(4)7-11/h6-10,12-13H,5,14H2,1-4H3. The van der Waals surface area contributed by atoms with Crippen LogP contribution in [0.1, 0.15) is 26.3 Å². The van der Waals surface area contributed by atoms with E-state index < -0.39 is 0 Å². The van der Waals surface area contributed by atoms with Gasteiger partial charge in [-0.05, 0) is 31.7 Å². The van der Waals surface area contributed by atoms with Gasteiger partial charge in [0.15, 0.2) is 0 Å². The Morgan fingerprint density at radius 2 is 2.12 bits per heavy atom. The molecule has 0 spiro atoms. The van der Waals surface area contributed by atoms with Crippen LogP contribution in [-0.4, -0.2) is 28.0 Å². The highest BCUT2D eigenvalue weighted by molar-refractivity contribution is 5.07. The van der Waals surface area contributed by atoms with Crippen LogP contribution in [0.4, 0.5) is 0 Å². The summed E-state index contributed by atoms with van der Waals surface area (Å²) in [5.41, 5.74) is 7.55. The quantitative estimate of drug-likeness (QED) is 0.863. The highest BCUT2D eigenvalue weighted by Gasteiger charge is 2.40. The molecule has 17 heavy (non-hydrogen) atoms. The Balaban J connectivity index is 2.02. The molecule has 5 unspecified atom stereocenters. The second-order valence-electron chi connectivity index (χ2n) is 5.37. The van der Waals surface area contributed by atoms with E-state index >= 15 is 0 Å². The molecule has 1 aliphatic rings. The van der Waals surface area contributed by atoms with Gasteiger partial charge in [0.1, 0.15) is 0 Å². The molecule has 1 fully saturated rings. The van der Waals surface area contributed by atoms with Gasteiger partial charge in [-0.15, -0.1) is 0 Å². The lowest BCUT2D eigenvalue weighted by atomic mass is 9.82. The average Bonchev–Trinajstić information content (AvgIpc) is 2.73. The fourth-order valence-corrected chi connectivity index (χ4v) is 3.02. The molecule has 1 aromatic heterocycles. The molecule has 0 saturated carbocycles.